The molecule has 0 aliphatic heterocycles. The predicted octanol–water partition coefficient (Wildman–Crippen LogP) is 0.927. The van der Waals surface area contributed by atoms with E-state index in [4.69, 9.17) is 19.9 Å². The lowest BCUT2D eigenvalue weighted by molar-refractivity contribution is -0.128. The number of carbonyl (C=O) groups is 3. The van der Waals surface area contributed by atoms with Crippen molar-refractivity contribution in [3.8, 4) is 17.2 Å². The van der Waals surface area contributed by atoms with Gasteiger partial charge in [-0.25, -0.2) is 4.39 Å². The molecule has 0 fully saturated rings. The number of halogens is 1. The minimum Gasteiger partial charge on any atom is -0.493 e. The molecule has 2 rings (SSSR count). The molecule has 0 heterocycles. The number of benzene rings is 2. The number of para-hydroxylation sites is 1. The number of nitrogens with two attached hydrogens (primary N) is 1. The second-order valence-corrected chi connectivity index (χ2v) is 5.75. The summed E-state index contributed by atoms with van der Waals surface area (Å²) in [4.78, 5) is 35.1. The van der Waals surface area contributed by atoms with Crippen molar-refractivity contribution in [2.24, 2.45) is 5.73 Å². The van der Waals surface area contributed by atoms with Gasteiger partial charge in [-0.1, -0.05) is 12.1 Å². The van der Waals surface area contributed by atoms with Crippen molar-refractivity contribution in [1.29, 1.82) is 0 Å². The molecule has 1 atom stereocenters. The molecule has 0 aliphatic rings. The van der Waals surface area contributed by atoms with Crippen LogP contribution in [0.1, 0.15) is 17.3 Å². The summed E-state index contributed by atoms with van der Waals surface area (Å²) < 4.78 is 29.1. The van der Waals surface area contributed by atoms with Crippen molar-refractivity contribution in [2.75, 3.05) is 13.7 Å². The Bertz CT molecular complexity index is 905. The van der Waals surface area contributed by atoms with Crippen molar-refractivity contribution in [3.05, 3.63) is 53.8 Å². The molecule has 0 spiro atoms. The third kappa shape index (κ3) is 6.09. The first-order chi connectivity index (χ1) is 13.8. The second-order valence-electron chi connectivity index (χ2n) is 5.75. The predicted molar refractivity (Wildman–Crippen MR) is 99.8 cm³/mol. The molecule has 9 nitrogen and oxygen atoms in total. The summed E-state index contributed by atoms with van der Waals surface area (Å²) in [7, 11) is 1.36. The van der Waals surface area contributed by atoms with Gasteiger partial charge in [0, 0.05) is 5.56 Å². The molecule has 154 valence electrons. The van der Waals surface area contributed by atoms with E-state index in [1.165, 1.54) is 50.4 Å². The maximum absolute atomic E-state index is 13.6. The van der Waals surface area contributed by atoms with Gasteiger partial charge in [0.05, 0.1) is 7.11 Å². The largest absolute Gasteiger partial charge is 0.493 e. The zero-order valence-electron chi connectivity index (χ0n) is 15.7. The number of hydrogen-bond acceptors (Lipinski definition) is 6. The molecule has 0 unspecified atom stereocenters. The normalized spacial score (nSPS) is 11.1. The van der Waals surface area contributed by atoms with Gasteiger partial charge in [0.25, 0.3) is 17.7 Å². The lowest BCUT2D eigenvalue weighted by atomic mass is 10.2. The fraction of sp³-hybridized carbons (Fsp3) is 0.211. The lowest BCUT2D eigenvalue weighted by Crippen LogP contribution is -2.47. The Kier molecular flexibility index (Phi) is 7.35. The van der Waals surface area contributed by atoms with E-state index < -0.39 is 29.6 Å². The van der Waals surface area contributed by atoms with E-state index in [1.807, 2.05) is 0 Å². The van der Waals surface area contributed by atoms with E-state index >= 15 is 0 Å². The van der Waals surface area contributed by atoms with Crippen molar-refractivity contribution in [3.63, 3.8) is 0 Å². The number of rotatable bonds is 8. The minimum absolute atomic E-state index is 0.0854. The molecule has 29 heavy (non-hydrogen) atoms. The zero-order valence-corrected chi connectivity index (χ0v) is 15.7. The molecule has 4 N–H and O–H groups in total. The number of hydrazine groups is 1. The molecular weight excluding hydrogens is 385 g/mol. The van der Waals surface area contributed by atoms with Gasteiger partial charge in [-0.3, -0.25) is 25.2 Å². The quantitative estimate of drug-likeness (QED) is 0.561. The first kappa shape index (κ1) is 21.5. The fourth-order valence-electron chi connectivity index (χ4n) is 2.15. The Hall–Kier alpha value is -3.82. The van der Waals surface area contributed by atoms with Gasteiger partial charge in [-0.05, 0) is 37.3 Å². The molecule has 0 saturated carbocycles. The number of methoxy groups -OCH3 is 1. The smallest absolute Gasteiger partial charge is 0.279 e. The van der Waals surface area contributed by atoms with E-state index in [-0.39, 0.29) is 29.4 Å². The molecule has 2 aromatic carbocycles. The second kappa shape index (κ2) is 9.93. The van der Waals surface area contributed by atoms with Crippen molar-refractivity contribution >= 4 is 17.7 Å². The number of nitrogens with one attached hydrogen (secondary N) is 2. The topological polar surface area (TPSA) is 129 Å². The Morgan fingerprint density at radius 2 is 1.79 bits per heavy atom. The SMILES string of the molecule is COc1cc(C(=O)NNC(=O)[C@@H](C)Oc2ccccc2F)ccc1OCC(N)=O. The van der Waals surface area contributed by atoms with Crippen LogP contribution in [0.5, 0.6) is 17.2 Å². The highest BCUT2D eigenvalue weighted by Gasteiger charge is 2.18. The van der Waals surface area contributed by atoms with Gasteiger partial charge in [0.15, 0.2) is 35.8 Å². The number of ether oxygens (including phenoxy) is 3. The average molecular weight is 405 g/mol. The monoisotopic (exact) mass is 405 g/mol. The summed E-state index contributed by atoms with van der Waals surface area (Å²) in [6.07, 6.45) is -1.06. The third-order valence-electron chi connectivity index (χ3n) is 3.60. The van der Waals surface area contributed by atoms with Crippen molar-refractivity contribution in [1.82, 2.24) is 10.9 Å². The van der Waals surface area contributed by atoms with Crippen LogP contribution in [-0.2, 0) is 9.59 Å². The summed E-state index contributed by atoms with van der Waals surface area (Å²) >= 11 is 0. The van der Waals surface area contributed by atoms with E-state index in [1.54, 1.807) is 6.07 Å². The van der Waals surface area contributed by atoms with Crippen LogP contribution >= 0.6 is 0 Å². The summed E-state index contributed by atoms with van der Waals surface area (Å²) in [6, 6.07) is 9.82. The van der Waals surface area contributed by atoms with Crippen LogP contribution in [0.4, 0.5) is 4.39 Å². The summed E-state index contributed by atoms with van der Waals surface area (Å²) in [5.41, 5.74) is 9.58. The summed E-state index contributed by atoms with van der Waals surface area (Å²) in [6.45, 7) is 1.06. The first-order valence-corrected chi connectivity index (χ1v) is 8.42. The van der Waals surface area contributed by atoms with Gasteiger partial charge < -0.3 is 19.9 Å². The van der Waals surface area contributed by atoms with Crippen LogP contribution in [0, 0.1) is 5.82 Å². The molecule has 0 saturated heterocycles. The fourth-order valence-corrected chi connectivity index (χ4v) is 2.15. The van der Waals surface area contributed by atoms with Crippen LogP contribution in [0.2, 0.25) is 0 Å². The zero-order chi connectivity index (χ0) is 21.4. The van der Waals surface area contributed by atoms with Crippen molar-refractivity contribution in [2.45, 2.75) is 13.0 Å². The summed E-state index contributed by atoms with van der Waals surface area (Å²) in [5.74, 6) is -2.27. The Balaban J connectivity index is 1.94. The molecule has 0 aliphatic carbocycles. The number of primary amides is 1. The lowest BCUT2D eigenvalue weighted by Gasteiger charge is -2.16. The van der Waals surface area contributed by atoms with Gasteiger partial charge in [0.1, 0.15) is 0 Å². The number of amides is 3. The maximum atomic E-state index is 13.6. The molecule has 0 bridgehead atoms. The molecule has 0 radical (unpaired) electrons. The van der Waals surface area contributed by atoms with Crippen LogP contribution in [0.25, 0.3) is 0 Å². The van der Waals surface area contributed by atoms with Crippen LogP contribution in [0.3, 0.4) is 0 Å². The van der Waals surface area contributed by atoms with E-state index in [0.29, 0.717) is 0 Å². The molecule has 2 aromatic rings. The highest BCUT2D eigenvalue weighted by atomic mass is 19.1. The van der Waals surface area contributed by atoms with Gasteiger partial charge >= 0.3 is 0 Å². The average Bonchev–Trinajstić information content (AvgIpc) is 2.71. The third-order valence-corrected chi connectivity index (χ3v) is 3.60. The number of hydrogen-bond donors (Lipinski definition) is 3. The van der Waals surface area contributed by atoms with Gasteiger partial charge in [-0.15, -0.1) is 0 Å². The number of carbonyl (C=O) groups excluding carboxylic acids is 3. The molecular formula is C19H20FN3O6. The van der Waals surface area contributed by atoms with Gasteiger partial charge in [-0.2, -0.15) is 0 Å². The minimum atomic E-state index is -1.06. The van der Waals surface area contributed by atoms with E-state index in [0.717, 1.165) is 0 Å². The van der Waals surface area contributed by atoms with E-state index in [9.17, 15) is 18.8 Å². The molecule has 10 heteroatoms. The molecule has 3 amide bonds. The maximum Gasteiger partial charge on any atom is 0.279 e. The summed E-state index contributed by atoms with van der Waals surface area (Å²) in [5, 5.41) is 0. The Morgan fingerprint density at radius 1 is 1.07 bits per heavy atom. The molecule has 0 aromatic heterocycles. The standard InChI is InChI=1S/C19H20FN3O6/c1-11(29-14-6-4-3-5-13(14)20)18(25)22-23-19(26)12-7-8-15(16(9-12)27-2)28-10-17(21)24/h3-9,11H,10H2,1-2H3,(H2,21,24)(H,22,25)(H,23,26)/t11-/m1/s1. The first-order valence-electron chi connectivity index (χ1n) is 8.42. The highest BCUT2D eigenvalue weighted by molar-refractivity contribution is 5.96. The van der Waals surface area contributed by atoms with E-state index in [2.05, 4.69) is 10.9 Å². The van der Waals surface area contributed by atoms with Crippen LogP contribution < -0.4 is 30.8 Å². The van der Waals surface area contributed by atoms with Crippen LogP contribution in [-0.4, -0.2) is 37.5 Å². The van der Waals surface area contributed by atoms with Crippen molar-refractivity contribution < 1.29 is 33.0 Å². The van der Waals surface area contributed by atoms with Gasteiger partial charge in [0.2, 0.25) is 0 Å². The van der Waals surface area contributed by atoms with Crippen LogP contribution in [0.15, 0.2) is 42.5 Å². The highest BCUT2D eigenvalue weighted by Crippen LogP contribution is 2.28. The Morgan fingerprint density at radius 3 is 2.45 bits per heavy atom. The Labute approximate surface area is 165 Å².